The van der Waals surface area contributed by atoms with Crippen molar-refractivity contribution < 1.29 is 8.42 Å². The quantitative estimate of drug-likeness (QED) is 0.635. The van der Waals surface area contributed by atoms with Gasteiger partial charge in [0.2, 0.25) is 10.0 Å². The van der Waals surface area contributed by atoms with Gasteiger partial charge in [0.05, 0.1) is 12.2 Å². The van der Waals surface area contributed by atoms with Gasteiger partial charge in [0, 0.05) is 29.8 Å². The van der Waals surface area contributed by atoms with Crippen molar-refractivity contribution in [3.8, 4) is 11.4 Å². The molecule has 2 aromatic heterocycles. The summed E-state index contributed by atoms with van der Waals surface area (Å²) in [7, 11) is -3.50. The molecule has 7 heteroatoms. The maximum atomic E-state index is 12.2. The summed E-state index contributed by atoms with van der Waals surface area (Å²) in [5.74, 6) is 0.513. The molecule has 1 aromatic carbocycles. The maximum absolute atomic E-state index is 12.2. The normalized spacial score (nSPS) is 14.6. The molecule has 1 aliphatic rings. The van der Waals surface area contributed by atoms with E-state index in [0.717, 1.165) is 35.5 Å². The minimum atomic E-state index is -3.50. The van der Waals surface area contributed by atoms with E-state index in [0.29, 0.717) is 12.5 Å². The van der Waals surface area contributed by atoms with Crippen molar-refractivity contribution in [3.05, 3.63) is 77.5 Å². The number of hydrogen-bond donors (Lipinski definition) is 1. The molecule has 144 valence electrons. The molecule has 0 bridgehead atoms. The van der Waals surface area contributed by atoms with Gasteiger partial charge in [0.15, 0.2) is 0 Å². The van der Waals surface area contributed by atoms with Crippen LogP contribution < -0.4 is 4.72 Å². The number of aromatic nitrogens is 3. The van der Waals surface area contributed by atoms with E-state index in [1.54, 1.807) is 12.3 Å². The van der Waals surface area contributed by atoms with E-state index in [1.165, 1.54) is 5.41 Å². The molecule has 4 rings (SSSR count). The van der Waals surface area contributed by atoms with Crippen LogP contribution in [0.5, 0.6) is 0 Å². The summed E-state index contributed by atoms with van der Waals surface area (Å²) in [6.45, 7) is 0.765. The number of benzene rings is 1. The number of nitrogens with one attached hydrogen (secondary N) is 1. The first-order valence-electron chi connectivity index (χ1n) is 9.33. The third-order valence-corrected chi connectivity index (χ3v) is 5.70. The second-order valence-corrected chi connectivity index (χ2v) is 8.47. The Balaban J connectivity index is 1.42. The van der Waals surface area contributed by atoms with Crippen molar-refractivity contribution in [2.45, 2.75) is 25.3 Å². The minimum Gasteiger partial charge on any atom is -0.267 e. The predicted molar refractivity (Wildman–Crippen MR) is 110 cm³/mol. The Morgan fingerprint density at radius 2 is 1.86 bits per heavy atom. The van der Waals surface area contributed by atoms with E-state index >= 15 is 0 Å². The average Bonchev–Trinajstić information content (AvgIpc) is 3.48. The molecule has 1 saturated carbocycles. The van der Waals surface area contributed by atoms with Crippen LogP contribution in [0.2, 0.25) is 0 Å². The molecule has 0 spiro atoms. The first kappa shape index (κ1) is 18.6. The Kier molecular flexibility index (Phi) is 5.36. The lowest BCUT2D eigenvalue weighted by Crippen LogP contribution is -2.26. The predicted octanol–water partition coefficient (Wildman–Crippen LogP) is 3.41. The molecule has 1 N–H and O–H groups in total. The van der Waals surface area contributed by atoms with Crippen molar-refractivity contribution in [2.24, 2.45) is 0 Å². The van der Waals surface area contributed by atoms with Gasteiger partial charge in [-0.1, -0.05) is 36.4 Å². The number of rotatable bonds is 8. The zero-order valence-electron chi connectivity index (χ0n) is 15.4. The number of pyridine rings is 1. The Morgan fingerprint density at radius 1 is 1.07 bits per heavy atom. The molecule has 0 unspecified atom stereocenters. The van der Waals surface area contributed by atoms with Crippen LogP contribution in [0.4, 0.5) is 0 Å². The van der Waals surface area contributed by atoms with Gasteiger partial charge < -0.3 is 0 Å². The van der Waals surface area contributed by atoms with Crippen LogP contribution in [0.25, 0.3) is 17.5 Å². The maximum Gasteiger partial charge on any atom is 0.233 e. The standard InChI is InChI=1S/C21H22N4O2S/c26-28(27,15-11-17-6-2-1-3-7-17)23-13-14-25-21(18-9-10-18)16-20(24-25)19-8-4-5-12-22-19/h1-8,11-12,15-16,18,23H,9-10,13-14H2/b15-11+. The highest BCUT2D eigenvalue weighted by Gasteiger charge is 2.28. The average molecular weight is 395 g/mol. The molecule has 0 atom stereocenters. The first-order valence-corrected chi connectivity index (χ1v) is 10.9. The van der Waals surface area contributed by atoms with Crippen molar-refractivity contribution in [1.82, 2.24) is 19.5 Å². The summed E-state index contributed by atoms with van der Waals surface area (Å²) in [4.78, 5) is 4.36. The molecule has 1 aliphatic carbocycles. The molecular weight excluding hydrogens is 372 g/mol. The number of sulfonamides is 1. The second-order valence-electron chi connectivity index (χ2n) is 6.82. The Morgan fingerprint density at radius 3 is 2.57 bits per heavy atom. The lowest BCUT2D eigenvalue weighted by molar-refractivity contribution is 0.557. The lowest BCUT2D eigenvalue weighted by Gasteiger charge is -2.07. The first-order chi connectivity index (χ1) is 13.6. The molecule has 1 fully saturated rings. The smallest absolute Gasteiger partial charge is 0.233 e. The molecule has 0 saturated heterocycles. The fraction of sp³-hybridized carbons (Fsp3) is 0.238. The minimum absolute atomic E-state index is 0.282. The van der Waals surface area contributed by atoms with E-state index in [1.807, 2.05) is 53.2 Å². The monoisotopic (exact) mass is 394 g/mol. The summed E-state index contributed by atoms with van der Waals surface area (Å²) in [6, 6.07) is 17.2. The van der Waals surface area contributed by atoms with Gasteiger partial charge in [0.25, 0.3) is 0 Å². The molecule has 3 aromatic rings. The van der Waals surface area contributed by atoms with Crippen LogP contribution >= 0.6 is 0 Å². The van der Waals surface area contributed by atoms with Gasteiger partial charge in [-0.25, -0.2) is 13.1 Å². The highest BCUT2D eigenvalue weighted by Crippen LogP contribution is 2.41. The van der Waals surface area contributed by atoms with E-state index in [4.69, 9.17) is 0 Å². The third-order valence-electron chi connectivity index (χ3n) is 4.60. The van der Waals surface area contributed by atoms with E-state index < -0.39 is 10.0 Å². The van der Waals surface area contributed by atoms with Crippen LogP contribution in [0, 0.1) is 0 Å². The largest absolute Gasteiger partial charge is 0.267 e. The van der Waals surface area contributed by atoms with Gasteiger partial charge in [-0.2, -0.15) is 5.10 Å². The zero-order chi connectivity index (χ0) is 19.4. The molecule has 0 radical (unpaired) electrons. The topological polar surface area (TPSA) is 76.9 Å². The van der Waals surface area contributed by atoms with Gasteiger partial charge in [-0.05, 0) is 42.7 Å². The molecule has 2 heterocycles. The third kappa shape index (κ3) is 4.74. The van der Waals surface area contributed by atoms with Crippen LogP contribution in [0.3, 0.4) is 0 Å². The Hall–Kier alpha value is -2.77. The van der Waals surface area contributed by atoms with Crippen molar-refractivity contribution in [2.75, 3.05) is 6.54 Å². The summed E-state index contributed by atoms with van der Waals surface area (Å²) in [6.07, 6.45) is 5.64. The Labute approximate surface area is 165 Å². The van der Waals surface area contributed by atoms with Gasteiger partial charge >= 0.3 is 0 Å². The lowest BCUT2D eigenvalue weighted by atomic mass is 10.2. The molecule has 28 heavy (non-hydrogen) atoms. The molecule has 0 aliphatic heterocycles. The number of nitrogens with zero attached hydrogens (tertiary/aromatic N) is 3. The van der Waals surface area contributed by atoms with Gasteiger partial charge in [-0.15, -0.1) is 0 Å². The fourth-order valence-electron chi connectivity index (χ4n) is 3.03. The van der Waals surface area contributed by atoms with E-state index in [-0.39, 0.29) is 6.54 Å². The van der Waals surface area contributed by atoms with Gasteiger partial charge in [0.1, 0.15) is 5.69 Å². The molecular formula is C21H22N4O2S. The highest BCUT2D eigenvalue weighted by atomic mass is 32.2. The van der Waals surface area contributed by atoms with Crippen LogP contribution in [0.15, 0.2) is 66.2 Å². The fourth-order valence-corrected chi connectivity index (χ4v) is 3.84. The van der Waals surface area contributed by atoms with Gasteiger partial charge in [-0.3, -0.25) is 9.67 Å². The summed E-state index contributed by atoms with van der Waals surface area (Å²) in [5, 5.41) is 5.86. The van der Waals surface area contributed by atoms with Crippen LogP contribution in [-0.2, 0) is 16.6 Å². The molecule has 0 amide bonds. The van der Waals surface area contributed by atoms with Crippen molar-refractivity contribution >= 4 is 16.1 Å². The Bertz CT molecular complexity index is 1060. The van der Waals surface area contributed by atoms with Crippen molar-refractivity contribution in [1.29, 1.82) is 0 Å². The summed E-state index contributed by atoms with van der Waals surface area (Å²) in [5.41, 5.74) is 3.65. The SMILES string of the molecule is O=S(=O)(/C=C/c1ccccc1)NCCn1nc(-c2ccccn2)cc1C1CC1. The zero-order valence-corrected chi connectivity index (χ0v) is 16.2. The van der Waals surface area contributed by atoms with Crippen LogP contribution in [-0.4, -0.2) is 29.7 Å². The highest BCUT2D eigenvalue weighted by molar-refractivity contribution is 7.92. The number of hydrogen-bond acceptors (Lipinski definition) is 4. The van der Waals surface area contributed by atoms with Crippen LogP contribution in [0.1, 0.15) is 30.0 Å². The molecule has 6 nitrogen and oxygen atoms in total. The second kappa shape index (κ2) is 8.08. The van der Waals surface area contributed by atoms with E-state index in [2.05, 4.69) is 20.9 Å². The summed E-state index contributed by atoms with van der Waals surface area (Å²) < 4.78 is 29.0. The van der Waals surface area contributed by atoms with E-state index in [9.17, 15) is 8.42 Å². The van der Waals surface area contributed by atoms with Crippen molar-refractivity contribution in [3.63, 3.8) is 0 Å². The summed E-state index contributed by atoms with van der Waals surface area (Å²) >= 11 is 0.